The van der Waals surface area contributed by atoms with E-state index in [4.69, 9.17) is 10.00 Å². The van der Waals surface area contributed by atoms with Gasteiger partial charge in [0.25, 0.3) is 0 Å². The molecule has 0 aliphatic rings. The lowest BCUT2D eigenvalue weighted by molar-refractivity contribution is -0.123. The number of nitriles is 1. The Labute approximate surface area is 176 Å². The fourth-order valence-corrected chi connectivity index (χ4v) is 2.64. The molecule has 3 N–H and O–H groups in total. The van der Waals surface area contributed by atoms with Crippen molar-refractivity contribution in [1.82, 2.24) is 15.6 Å². The van der Waals surface area contributed by atoms with Crippen LogP contribution in [0.25, 0.3) is 0 Å². The summed E-state index contributed by atoms with van der Waals surface area (Å²) in [6.45, 7) is 5.95. The highest BCUT2D eigenvalue weighted by Gasteiger charge is 2.24. The van der Waals surface area contributed by atoms with Crippen LogP contribution >= 0.6 is 0 Å². The molecule has 1 atom stereocenters. The minimum absolute atomic E-state index is 0.293. The Bertz CT molecular complexity index is 888. The second-order valence-corrected chi connectivity index (χ2v) is 7.62. The van der Waals surface area contributed by atoms with Gasteiger partial charge in [-0.2, -0.15) is 5.26 Å². The molecule has 158 valence electrons. The fraction of sp³-hybridized carbons (Fsp3) is 0.364. The number of hydrogen-bond acceptors (Lipinski definition) is 6. The van der Waals surface area contributed by atoms with E-state index in [1.807, 2.05) is 30.3 Å². The van der Waals surface area contributed by atoms with Crippen LogP contribution in [0.2, 0.25) is 0 Å². The Hall–Kier alpha value is -3.60. The lowest BCUT2D eigenvalue weighted by Crippen LogP contribution is -2.50. The lowest BCUT2D eigenvalue weighted by atomic mass is 10.1. The second-order valence-electron chi connectivity index (χ2n) is 7.62. The molecule has 0 fully saturated rings. The second kappa shape index (κ2) is 10.8. The molecule has 0 radical (unpaired) electrons. The minimum Gasteiger partial charge on any atom is -0.444 e. The Kier molecular flexibility index (Phi) is 8.18. The van der Waals surface area contributed by atoms with Crippen LogP contribution in [0.4, 0.5) is 10.6 Å². The maximum Gasteiger partial charge on any atom is 0.408 e. The van der Waals surface area contributed by atoms with Gasteiger partial charge in [0.2, 0.25) is 5.91 Å². The van der Waals surface area contributed by atoms with Crippen molar-refractivity contribution in [2.45, 2.75) is 38.8 Å². The minimum atomic E-state index is -0.785. The maximum absolute atomic E-state index is 12.7. The molecular weight excluding hydrogens is 382 g/mol. The van der Waals surface area contributed by atoms with Gasteiger partial charge in [-0.1, -0.05) is 30.3 Å². The van der Waals surface area contributed by atoms with Crippen molar-refractivity contribution in [2.24, 2.45) is 0 Å². The van der Waals surface area contributed by atoms with Gasteiger partial charge in [-0.05, 0) is 38.5 Å². The molecule has 2 rings (SSSR count). The first kappa shape index (κ1) is 22.7. The molecule has 0 bridgehead atoms. The fourth-order valence-electron chi connectivity index (χ4n) is 2.64. The molecule has 1 aromatic heterocycles. The predicted octanol–water partition coefficient (Wildman–Crippen LogP) is 2.62. The summed E-state index contributed by atoms with van der Waals surface area (Å²) in [5.41, 5.74) is 0.680. The summed E-state index contributed by atoms with van der Waals surface area (Å²) in [6, 6.07) is 14.0. The molecule has 0 saturated carbocycles. The molecule has 0 aliphatic heterocycles. The Morgan fingerprint density at radius 3 is 2.53 bits per heavy atom. The predicted molar refractivity (Wildman–Crippen MR) is 114 cm³/mol. The monoisotopic (exact) mass is 409 g/mol. The highest BCUT2D eigenvalue weighted by Crippen LogP contribution is 2.10. The van der Waals surface area contributed by atoms with E-state index in [9.17, 15) is 9.59 Å². The van der Waals surface area contributed by atoms with Crippen LogP contribution in [-0.2, 0) is 16.0 Å². The Morgan fingerprint density at radius 2 is 1.87 bits per heavy atom. The highest BCUT2D eigenvalue weighted by atomic mass is 16.6. The SMILES string of the molecule is CC(C)(C)OC(=O)NC(Cc1ccccc1)C(=O)NCCNc1ncccc1C#N. The van der Waals surface area contributed by atoms with Crippen molar-refractivity contribution in [2.75, 3.05) is 18.4 Å². The normalized spacial score (nSPS) is 11.7. The standard InChI is InChI=1S/C22H27N5O3/c1-22(2,3)30-21(29)27-18(14-16-8-5-4-6-9-16)20(28)26-13-12-25-19-17(15-23)10-7-11-24-19/h4-11,18H,12-14H2,1-3H3,(H,24,25)(H,26,28)(H,27,29). The van der Waals surface area contributed by atoms with E-state index < -0.39 is 17.7 Å². The number of carbonyl (C=O) groups excluding carboxylic acids is 2. The zero-order chi connectivity index (χ0) is 22.0. The molecule has 1 unspecified atom stereocenters. The first-order chi connectivity index (χ1) is 14.3. The Balaban J connectivity index is 1.94. The van der Waals surface area contributed by atoms with Crippen LogP contribution < -0.4 is 16.0 Å². The number of nitrogens with zero attached hydrogens (tertiary/aromatic N) is 2. The van der Waals surface area contributed by atoms with Crippen molar-refractivity contribution < 1.29 is 14.3 Å². The lowest BCUT2D eigenvalue weighted by Gasteiger charge is -2.23. The molecule has 0 spiro atoms. The Morgan fingerprint density at radius 1 is 1.13 bits per heavy atom. The van der Waals surface area contributed by atoms with Crippen molar-refractivity contribution in [3.8, 4) is 6.07 Å². The van der Waals surface area contributed by atoms with Crippen molar-refractivity contribution in [3.05, 3.63) is 59.8 Å². The number of ether oxygens (including phenoxy) is 1. The number of hydrogen-bond donors (Lipinski definition) is 3. The number of anilines is 1. The van der Waals surface area contributed by atoms with Gasteiger partial charge in [0.1, 0.15) is 23.5 Å². The van der Waals surface area contributed by atoms with E-state index in [1.165, 1.54) is 0 Å². The summed E-state index contributed by atoms with van der Waals surface area (Å²) in [7, 11) is 0. The van der Waals surface area contributed by atoms with Crippen molar-refractivity contribution in [3.63, 3.8) is 0 Å². The molecule has 1 heterocycles. The van der Waals surface area contributed by atoms with Gasteiger partial charge in [-0.15, -0.1) is 0 Å². The van der Waals surface area contributed by atoms with Gasteiger partial charge < -0.3 is 20.7 Å². The van der Waals surface area contributed by atoms with Gasteiger partial charge >= 0.3 is 6.09 Å². The van der Waals surface area contributed by atoms with E-state index in [0.717, 1.165) is 5.56 Å². The smallest absolute Gasteiger partial charge is 0.408 e. The van der Waals surface area contributed by atoms with Crippen LogP contribution in [0.15, 0.2) is 48.7 Å². The molecule has 8 nitrogen and oxygen atoms in total. The third-order valence-electron chi connectivity index (χ3n) is 3.93. The van der Waals surface area contributed by atoms with E-state index in [-0.39, 0.29) is 5.91 Å². The number of benzene rings is 1. The van der Waals surface area contributed by atoms with E-state index in [1.54, 1.807) is 39.1 Å². The summed E-state index contributed by atoms with van der Waals surface area (Å²) < 4.78 is 5.28. The maximum atomic E-state index is 12.7. The van der Waals surface area contributed by atoms with Gasteiger partial charge in [-0.3, -0.25) is 4.79 Å². The highest BCUT2D eigenvalue weighted by molar-refractivity contribution is 5.86. The summed E-state index contributed by atoms with van der Waals surface area (Å²) in [4.78, 5) is 29.0. The number of amides is 2. The number of nitrogens with one attached hydrogen (secondary N) is 3. The van der Waals surface area contributed by atoms with E-state index in [2.05, 4.69) is 27.0 Å². The first-order valence-electron chi connectivity index (χ1n) is 9.68. The zero-order valence-electron chi connectivity index (χ0n) is 17.4. The van der Waals surface area contributed by atoms with Crippen LogP contribution in [0.1, 0.15) is 31.9 Å². The van der Waals surface area contributed by atoms with Gasteiger partial charge in [0, 0.05) is 25.7 Å². The number of aromatic nitrogens is 1. The van der Waals surface area contributed by atoms with E-state index in [0.29, 0.717) is 30.9 Å². The van der Waals surface area contributed by atoms with Gasteiger partial charge in [0.15, 0.2) is 0 Å². The van der Waals surface area contributed by atoms with Crippen LogP contribution in [0.3, 0.4) is 0 Å². The average Bonchev–Trinajstić information content (AvgIpc) is 2.70. The number of carbonyl (C=O) groups is 2. The molecule has 2 aromatic rings. The van der Waals surface area contributed by atoms with Gasteiger partial charge in [-0.25, -0.2) is 9.78 Å². The van der Waals surface area contributed by atoms with E-state index >= 15 is 0 Å². The topological polar surface area (TPSA) is 116 Å². The number of pyridine rings is 1. The third kappa shape index (κ3) is 7.80. The molecular formula is C22H27N5O3. The van der Waals surface area contributed by atoms with Crippen LogP contribution in [-0.4, -0.2) is 41.7 Å². The molecule has 8 heteroatoms. The average molecular weight is 409 g/mol. The summed E-state index contributed by atoms with van der Waals surface area (Å²) in [6.07, 6.45) is 1.27. The third-order valence-corrected chi connectivity index (χ3v) is 3.93. The molecule has 2 amide bonds. The van der Waals surface area contributed by atoms with Crippen molar-refractivity contribution in [1.29, 1.82) is 5.26 Å². The first-order valence-corrected chi connectivity index (χ1v) is 9.68. The molecule has 30 heavy (non-hydrogen) atoms. The molecule has 1 aromatic carbocycles. The number of alkyl carbamates (subject to hydrolysis) is 1. The molecule has 0 saturated heterocycles. The zero-order valence-corrected chi connectivity index (χ0v) is 17.4. The summed E-state index contributed by atoms with van der Waals surface area (Å²) >= 11 is 0. The summed E-state index contributed by atoms with van der Waals surface area (Å²) in [5, 5.41) is 17.6. The van der Waals surface area contributed by atoms with Crippen molar-refractivity contribution >= 4 is 17.8 Å². The largest absolute Gasteiger partial charge is 0.444 e. The number of rotatable bonds is 8. The summed E-state index contributed by atoms with van der Waals surface area (Å²) in [5.74, 6) is 0.134. The quantitative estimate of drug-likeness (QED) is 0.577. The molecule has 0 aliphatic carbocycles. The van der Waals surface area contributed by atoms with Crippen LogP contribution in [0, 0.1) is 11.3 Å². The van der Waals surface area contributed by atoms with Gasteiger partial charge in [0.05, 0.1) is 5.56 Å². The van der Waals surface area contributed by atoms with Crippen LogP contribution in [0.5, 0.6) is 0 Å².